The molecule has 1 aromatic carbocycles. The van der Waals surface area contributed by atoms with Crippen molar-refractivity contribution in [2.24, 2.45) is 17.3 Å². The predicted molar refractivity (Wildman–Crippen MR) is 101 cm³/mol. The molecule has 0 aliphatic heterocycles. The van der Waals surface area contributed by atoms with E-state index < -0.39 is 0 Å². The quantitative estimate of drug-likeness (QED) is 0.702. The minimum Gasteiger partial charge on any atom is -0.274 e. The molecule has 0 radical (unpaired) electrons. The summed E-state index contributed by atoms with van der Waals surface area (Å²) < 4.78 is 0. The minimum absolute atomic E-state index is 0.00295. The molecule has 2 aromatic rings. The number of anilines is 2. The molecule has 1 aromatic heterocycles. The van der Waals surface area contributed by atoms with Crippen molar-refractivity contribution in [2.75, 3.05) is 4.90 Å². The van der Waals surface area contributed by atoms with Gasteiger partial charge in [0.1, 0.15) is 0 Å². The third-order valence-corrected chi connectivity index (χ3v) is 5.67. The van der Waals surface area contributed by atoms with Gasteiger partial charge in [0.25, 0.3) is 0 Å². The van der Waals surface area contributed by atoms with E-state index in [1.54, 1.807) is 4.90 Å². The highest BCUT2D eigenvalue weighted by atomic mass is 32.1. The smallest absolute Gasteiger partial charge is 0.237 e. The molecule has 0 bridgehead atoms. The van der Waals surface area contributed by atoms with Gasteiger partial charge in [-0.1, -0.05) is 43.7 Å². The number of allylic oxidation sites excluding steroid dienone is 2. The van der Waals surface area contributed by atoms with Crippen LogP contribution in [-0.4, -0.2) is 10.9 Å². The van der Waals surface area contributed by atoms with Crippen LogP contribution in [-0.2, 0) is 4.79 Å². The topological polar surface area (TPSA) is 33.2 Å². The normalized spacial score (nSPS) is 21.2. The Labute approximate surface area is 148 Å². The van der Waals surface area contributed by atoms with E-state index in [1.807, 2.05) is 42.6 Å². The zero-order chi connectivity index (χ0) is 17.5. The van der Waals surface area contributed by atoms with Crippen LogP contribution in [0.1, 0.15) is 33.4 Å². The highest BCUT2D eigenvalue weighted by molar-refractivity contribution is 7.14. The maximum Gasteiger partial charge on any atom is 0.237 e. The Balaban J connectivity index is 1.98. The fourth-order valence-corrected chi connectivity index (χ4v) is 4.14. The number of para-hydroxylation sites is 1. The van der Waals surface area contributed by atoms with Crippen molar-refractivity contribution in [3.05, 3.63) is 53.1 Å². The molecule has 126 valence electrons. The van der Waals surface area contributed by atoms with Gasteiger partial charge in [0.05, 0.1) is 17.3 Å². The Bertz CT molecular complexity index is 772. The average Bonchev–Trinajstić information content (AvgIpc) is 2.83. The van der Waals surface area contributed by atoms with E-state index in [-0.39, 0.29) is 17.2 Å². The maximum absolute atomic E-state index is 13.4. The van der Waals surface area contributed by atoms with E-state index >= 15 is 0 Å². The second-order valence-corrected chi connectivity index (χ2v) is 8.19. The minimum atomic E-state index is -0.00626. The van der Waals surface area contributed by atoms with E-state index in [0.717, 1.165) is 16.5 Å². The first kappa shape index (κ1) is 16.9. The van der Waals surface area contributed by atoms with Crippen LogP contribution in [0.25, 0.3) is 0 Å². The molecule has 0 spiro atoms. The van der Waals surface area contributed by atoms with Crippen molar-refractivity contribution >= 4 is 28.1 Å². The van der Waals surface area contributed by atoms with Gasteiger partial charge >= 0.3 is 0 Å². The Hall–Kier alpha value is -1.94. The van der Waals surface area contributed by atoms with Gasteiger partial charge in [-0.2, -0.15) is 0 Å². The van der Waals surface area contributed by atoms with E-state index in [4.69, 9.17) is 0 Å². The number of carbonyl (C=O) groups excluding carboxylic acids is 1. The number of aromatic nitrogens is 1. The first-order valence-corrected chi connectivity index (χ1v) is 9.16. The Morgan fingerprint density at radius 1 is 1.25 bits per heavy atom. The number of benzene rings is 1. The molecule has 1 aliphatic rings. The van der Waals surface area contributed by atoms with Crippen molar-refractivity contribution < 1.29 is 4.79 Å². The van der Waals surface area contributed by atoms with Crippen molar-refractivity contribution in [1.82, 2.24) is 4.98 Å². The van der Waals surface area contributed by atoms with Crippen molar-refractivity contribution in [3.8, 4) is 0 Å². The van der Waals surface area contributed by atoms with E-state index in [1.165, 1.54) is 16.9 Å². The fraction of sp³-hybridized carbons (Fsp3) is 0.400. The van der Waals surface area contributed by atoms with Crippen LogP contribution in [0.3, 0.4) is 0 Å². The lowest BCUT2D eigenvalue weighted by atomic mass is 10.1. The van der Waals surface area contributed by atoms with Gasteiger partial charge in [-0.3, -0.25) is 9.69 Å². The molecule has 2 unspecified atom stereocenters. The van der Waals surface area contributed by atoms with Crippen molar-refractivity contribution in [3.63, 3.8) is 0 Å². The van der Waals surface area contributed by atoms with Gasteiger partial charge in [-0.25, -0.2) is 4.98 Å². The summed E-state index contributed by atoms with van der Waals surface area (Å²) in [4.78, 5) is 19.7. The Morgan fingerprint density at radius 3 is 2.46 bits per heavy atom. The third kappa shape index (κ3) is 3.03. The largest absolute Gasteiger partial charge is 0.274 e. The van der Waals surface area contributed by atoms with Crippen molar-refractivity contribution in [2.45, 2.75) is 34.6 Å². The summed E-state index contributed by atoms with van der Waals surface area (Å²) in [5.41, 5.74) is 3.09. The second-order valence-electron chi connectivity index (χ2n) is 7.35. The maximum atomic E-state index is 13.4. The number of hydrogen-bond donors (Lipinski definition) is 0. The van der Waals surface area contributed by atoms with E-state index in [2.05, 4.69) is 38.8 Å². The summed E-state index contributed by atoms with van der Waals surface area (Å²) in [5, 5.41) is 2.74. The molecule has 1 heterocycles. The molecule has 3 nitrogen and oxygen atoms in total. The molecular formula is C20H24N2OS. The first-order chi connectivity index (χ1) is 11.3. The molecule has 1 saturated carbocycles. The van der Waals surface area contributed by atoms with Gasteiger partial charge in [0.2, 0.25) is 5.91 Å². The highest BCUT2D eigenvalue weighted by Crippen LogP contribution is 2.60. The Kier molecular flexibility index (Phi) is 4.35. The van der Waals surface area contributed by atoms with Gasteiger partial charge < -0.3 is 0 Å². The number of carbonyl (C=O) groups is 1. The van der Waals surface area contributed by atoms with E-state index in [0.29, 0.717) is 5.92 Å². The number of aryl methyl sites for hydroxylation is 1. The molecule has 1 aliphatic carbocycles. The fourth-order valence-electron chi connectivity index (χ4n) is 3.31. The van der Waals surface area contributed by atoms with Crippen molar-refractivity contribution in [1.29, 1.82) is 0 Å². The number of thiazole rings is 1. The van der Waals surface area contributed by atoms with Crippen LogP contribution in [0.5, 0.6) is 0 Å². The lowest BCUT2D eigenvalue weighted by Gasteiger charge is -2.21. The number of amides is 1. The van der Waals surface area contributed by atoms with Gasteiger partial charge in [-0.05, 0) is 44.2 Å². The summed E-state index contributed by atoms with van der Waals surface area (Å²) >= 11 is 1.52. The molecule has 0 N–H and O–H groups in total. The highest BCUT2D eigenvalue weighted by Gasteiger charge is 2.61. The van der Waals surface area contributed by atoms with Crippen LogP contribution in [0.15, 0.2) is 47.4 Å². The van der Waals surface area contributed by atoms with Crippen LogP contribution < -0.4 is 4.90 Å². The number of rotatable bonds is 4. The summed E-state index contributed by atoms with van der Waals surface area (Å²) in [7, 11) is 0. The SMILES string of the molecule is CC(C)=CC1C(C(=O)N(c2ccccc2)c2nc(C)cs2)C1(C)C. The summed E-state index contributed by atoms with van der Waals surface area (Å²) in [6.45, 7) is 10.5. The van der Waals surface area contributed by atoms with Gasteiger partial charge in [0, 0.05) is 5.38 Å². The number of nitrogens with zero attached hydrogens (tertiary/aromatic N) is 2. The standard InChI is InChI=1S/C20H24N2OS/c1-13(2)11-16-17(20(16,4)5)18(23)22(15-9-7-6-8-10-15)19-21-14(3)12-24-19/h6-12,16-17H,1-5H3. The Morgan fingerprint density at radius 2 is 1.92 bits per heavy atom. The average molecular weight is 340 g/mol. The van der Waals surface area contributed by atoms with Gasteiger partial charge in [0.15, 0.2) is 5.13 Å². The first-order valence-electron chi connectivity index (χ1n) is 8.28. The molecule has 3 rings (SSSR count). The second kappa shape index (κ2) is 6.17. The summed E-state index contributed by atoms with van der Waals surface area (Å²) in [5.74, 6) is 0.433. The lowest BCUT2D eigenvalue weighted by Crippen LogP contribution is -2.29. The summed E-state index contributed by atoms with van der Waals surface area (Å²) in [6, 6.07) is 9.83. The molecule has 4 heteroatoms. The van der Waals surface area contributed by atoms with Crippen LogP contribution in [0.4, 0.5) is 10.8 Å². The molecule has 24 heavy (non-hydrogen) atoms. The van der Waals surface area contributed by atoms with Crippen LogP contribution in [0.2, 0.25) is 0 Å². The molecule has 2 atom stereocenters. The lowest BCUT2D eigenvalue weighted by molar-refractivity contribution is -0.119. The van der Waals surface area contributed by atoms with Crippen LogP contribution >= 0.6 is 11.3 Å². The predicted octanol–water partition coefficient (Wildman–Crippen LogP) is 5.35. The zero-order valence-corrected chi connectivity index (χ0v) is 15.7. The van der Waals surface area contributed by atoms with E-state index in [9.17, 15) is 4.79 Å². The molecule has 0 saturated heterocycles. The van der Waals surface area contributed by atoms with Gasteiger partial charge in [-0.15, -0.1) is 11.3 Å². The van der Waals surface area contributed by atoms with Crippen LogP contribution in [0, 0.1) is 24.2 Å². The molecule has 1 amide bonds. The molecular weight excluding hydrogens is 316 g/mol. The molecule has 1 fully saturated rings. The summed E-state index contributed by atoms with van der Waals surface area (Å²) in [6.07, 6.45) is 2.23. The zero-order valence-electron chi connectivity index (χ0n) is 14.9. The monoisotopic (exact) mass is 340 g/mol. The number of hydrogen-bond acceptors (Lipinski definition) is 3. The third-order valence-electron chi connectivity index (χ3n) is 4.72.